The third-order valence-electron chi connectivity index (χ3n) is 10.3. The van der Waals surface area contributed by atoms with E-state index in [0.717, 1.165) is 22.5 Å². The first kappa shape index (κ1) is 24.7. The van der Waals surface area contributed by atoms with Crippen LogP contribution < -0.4 is 0 Å². The van der Waals surface area contributed by atoms with Gasteiger partial charge >= 0.3 is 0 Å². The Hall–Kier alpha value is -5.73. The number of nitrogens with zero attached hydrogens (tertiary/aromatic N) is 2. The van der Waals surface area contributed by atoms with Gasteiger partial charge in [0, 0.05) is 10.8 Å². The van der Waals surface area contributed by atoms with Gasteiger partial charge in [0.25, 0.3) is 0 Å². The van der Waals surface area contributed by atoms with Crippen LogP contribution in [-0.2, 0) is 10.8 Å². The fourth-order valence-corrected chi connectivity index (χ4v) is 8.78. The lowest BCUT2D eigenvalue weighted by molar-refractivity contribution is 0.547. The van der Waals surface area contributed by atoms with Crippen molar-refractivity contribution < 1.29 is 0 Å². The molecule has 2 nitrogen and oxygen atoms in total. The summed E-state index contributed by atoms with van der Waals surface area (Å²) in [6, 6.07) is 62.2. The highest BCUT2D eigenvalue weighted by Gasteiger charge is 2.60. The number of hydrogen-bond donors (Lipinski definition) is 0. The summed E-state index contributed by atoms with van der Waals surface area (Å²) in [6.07, 6.45) is 0. The normalized spacial score (nSPS) is 19.3. The van der Waals surface area contributed by atoms with E-state index in [2.05, 4.69) is 174 Å². The van der Waals surface area contributed by atoms with Gasteiger partial charge in [-0.25, -0.2) is 4.98 Å². The molecule has 8 aromatic rings. The lowest BCUT2D eigenvalue weighted by atomic mass is 9.45. The molecule has 11 rings (SSSR count). The van der Waals surface area contributed by atoms with Crippen LogP contribution in [0.4, 0.5) is 0 Å². The summed E-state index contributed by atoms with van der Waals surface area (Å²) in [5, 5.41) is 2.48. The molecular weight excluding hydrogens is 544 g/mol. The molecule has 0 aliphatic heterocycles. The van der Waals surface area contributed by atoms with Crippen molar-refractivity contribution in [3.8, 4) is 5.82 Å². The average Bonchev–Trinajstić information content (AvgIpc) is 3.46. The summed E-state index contributed by atoms with van der Waals surface area (Å²) in [6.45, 7) is 0. The average molecular weight is 573 g/mol. The van der Waals surface area contributed by atoms with Crippen LogP contribution in [0.5, 0.6) is 0 Å². The van der Waals surface area contributed by atoms with Crippen LogP contribution in [0, 0.1) is 0 Å². The predicted molar refractivity (Wildman–Crippen MR) is 182 cm³/mol. The van der Waals surface area contributed by atoms with E-state index >= 15 is 0 Å². The number of benzene rings is 6. The minimum Gasteiger partial charge on any atom is -0.294 e. The number of hydrogen-bond acceptors (Lipinski definition) is 1. The van der Waals surface area contributed by atoms with Crippen LogP contribution >= 0.6 is 0 Å². The molecule has 0 atom stereocenters. The number of pyridine rings is 1. The molecule has 0 amide bonds. The molecular formula is C43H28N2. The number of rotatable bonds is 3. The maximum Gasteiger partial charge on any atom is 0.137 e. The summed E-state index contributed by atoms with van der Waals surface area (Å²) in [7, 11) is 0. The molecule has 2 bridgehead atoms. The van der Waals surface area contributed by atoms with Gasteiger partial charge in [0.1, 0.15) is 5.82 Å². The molecule has 0 fully saturated rings. The van der Waals surface area contributed by atoms with Gasteiger partial charge in [0.2, 0.25) is 0 Å². The lowest BCUT2D eigenvalue weighted by Crippen LogP contribution is -2.52. The SMILES string of the molecule is c1ccc(C23c4ccccc4C(c4cccc(-n5c6ccccc6c6ccccc65)n4)(c4ccccc42)c2ccccc23)cc1. The van der Waals surface area contributed by atoms with E-state index in [1.54, 1.807) is 0 Å². The zero-order chi connectivity index (χ0) is 29.6. The van der Waals surface area contributed by atoms with Crippen molar-refractivity contribution >= 4 is 21.8 Å². The summed E-state index contributed by atoms with van der Waals surface area (Å²) >= 11 is 0. The van der Waals surface area contributed by atoms with Gasteiger partial charge < -0.3 is 0 Å². The first-order valence-corrected chi connectivity index (χ1v) is 15.7. The Morgan fingerprint density at radius 1 is 0.356 bits per heavy atom. The second-order valence-corrected chi connectivity index (χ2v) is 12.3. The molecule has 2 aromatic heterocycles. The molecule has 210 valence electrons. The first-order chi connectivity index (χ1) is 22.3. The number of aromatic nitrogens is 2. The van der Waals surface area contributed by atoms with Crippen molar-refractivity contribution in [2.45, 2.75) is 10.8 Å². The zero-order valence-electron chi connectivity index (χ0n) is 24.6. The van der Waals surface area contributed by atoms with Crippen LogP contribution in [0.15, 0.2) is 170 Å². The third kappa shape index (κ3) is 2.92. The Balaban J connectivity index is 1.35. The minimum atomic E-state index is -0.574. The van der Waals surface area contributed by atoms with Crippen LogP contribution in [-0.4, -0.2) is 9.55 Å². The fourth-order valence-electron chi connectivity index (χ4n) is 8.78. The Morgan fingerprint density at radius 2 is 0.778 bits per heavy atom. The van der Waals surface area contributed by atoms with Gasteiger partial charge in [0.15, 0.2) is 0 Å². The number of para-hydroxylation sites is 2. The van der Waals surface area contributed by atoms with Crippen LogP contribution in [0.2, 0.25) is 0 Å². The molecule has 3 aliphatic carbocycles. The summed E-state index contributed by atoms with van der Waals surface area (Å²) in [5.41, 5.74) is 11.6. The van der Waals surface area contributed by atoms with E-state index in [-0.39, 0.29) is 0 Å². The van der Waals surface area contributed by atoms with E-state index in [4.69, 9.17) is 4.98 Å². The van der Waals surface area contributed by atoms with Gasteiger partial charge in [-0.2, -0.15) is 0 Å². The molecule has 0 N–H and O–H groups in total. The van der Waals surface area contributed by atoms with Crippen molar-refractivity contribution in [3.63, 3.8) is 0 Å². The highest BCUT2D eigenvalue weighted by molar-refractivity contribution is 6.09. The van der Waals surface area contributed by atoms with E-state index in [9.17, 15) is 0 Å². The van der Waals surface area contributed by atoms with E-state index in [1.807, 2.05) is 0 Å². The molecule has 45 heavy (non-hydrogen) atoms. The maximum atomic E-state index is 5.66. The highest BCUT2D eigenvalue weighted by Crippen LogP contribution is 2.65. The molecule has 0 unspecified atom stereocenters. The highest BCUT2D eigenvalue weighted by atomic mass is 15.1. The van der Waals surface area contributed by atoms with Crippen molar-refractivity contribution in [2.24, 2.45) is 0 Å². The first-order valence-electron chi connectivity index (χ1n) is 15.7. The Kier molecular flexibility index (Phi) is 4.88. The van der Waals surface area contributed by atoms with Crippen molar-refractivity contribution in [1.29, 1.82) is 0 Å². The molecule has 0 saturated heterocycles. The third-order valence-corrected chi connectivity index (χ3v) is 10.3. The standard InChI is InChI=1S/C43H28N2/c1-2-15-29(16-3-1)42-32-19-6-9-22-35(32)43(36-23-10-7-20-33(36)42,37-24-11-8-21-34(37)42)40-27-14-28-41(44-40)45-38-25-12-4-17-30(38)31-18-5-13-26-39(31)45/h1-28H. The summed E-state index contributed by atoms with van der Waals surface area (Å²) in [5.74, 6) is 0.928. The van der Waals surface area contributed by atoms with E-state index in [0.29, 0.717) is 0 Å². The van der Waals surface area contributed by atoms with Crippen LogP contribution in [0.25, 0.3) is 27.6 Å². The number of fused-ring (bicyclic) bond motifs is 3. The van der Waals surface area contributed by atoms with E-state index < -0.39 is 10.8 Å². The van der Waals surface area contributed by atoms with E-state index in [1.165, 1.54) is 49.7 Å². The molecule has 0 spiro atoms. The predicted octanol–water partition coefficient (Wildman–Crippen LogP) is 9.57. The van der Waals surface area contributed by atoms with Crippen molar-refractivity contribution in [1.82, 2.24) is 9.55 Å². The van der Waals surface area contributed by atoms with Crippen LogP contribution in [0.1, 0.15) is 44.6 Å². The topological polar surface area (TPSA) is 17.8 Å². The monoisotopic (exact) mass is 572 g/mol. The molecule has 0 saturated carbocycles. The Labute approximate surface area is 261 Å². The fraction of sp³-hybridized carbons (Fsp3) is 0.0465. The molecule has 6 aromatic carbocycles. The summed E-state index contributed by atoms with van der Waals surface area (Å²) < 4.78 is 2.33. The molecule has 2 heterocycles. The molecule has 2 heteroatoms. The summed E-state index contributed by atoms with van der Waals surface area (Å²) in [4.78, 5) is 5.66. The van der Waals surface area contributed by atoms with Gasteiger partial charge in [-0.15, -0.1) is 0 Å². The lowest BCUT2D eigenvalue weighted by Gasteiger charge is -2.56. The second-order valence-electron chi connectivity index (χ2n) is 12.3. The molecule has 0 radical (unpaired) electrons. The zero-order valence-corrected chi connectivity index (χ0v) is 24.6. The van der Waals surface area contributed by atoms with Gasteiger partial charge in [-0.05, 0) is 63.2 Å². The van der Waals surface area contributed by atoms with Crippen molar-refractivity contribution in [2.75, 3.05) is 0 Å². The van der Waals surface area contributed by atoms with Crippen molar-refractivity contribution in [3.05, 3.63) is 214 Å². The van der Waals surface area contributed by atoms with Crippen LogP contribution in [0.3, 0.4) is 0 Å². The maximum absolute atomic E-state index is 5.66. The largest absolute Gasteiger partial charge is 0.294 e. The van der Waals surface area contributed by atoms with Gasteiger partial charge in [-0.3, -0.25) is 4.57 Å². The Bertz CT molecular complexity index is 2280. The second kappa shape index (κ2) is 8.90. The van der Waals surface area contributed by atoms with Gasteiger partial charge in [-0.1, -0.05) is 146 Å². The quantitative estimate of drug-likeness (QED) is 0.206. The molecule has 3 aliphatic rings. The minimum absolute atomic E-state index is 0.419. The Morgan fingerprint density at radius 3 is 1.29 bits per heavy atom. The van der Waals surface area contributed by atoms with Gasteiger partial charge in [0.05, 0.1) is 27.6 Å². The smallest absolute Gasteiger partial charge is 0.137 e.